The van der Waals surface area contributed by atoms with Crippen LogP contribution >= 0.6 is 22.9 Å². The van der Waals surface area contributed by atoms with Gasteiger partial charge in [-0.15, -0.1) is 11.3 Å². The minimum Gasteiger partial charge on any atom is -0.379 e. The number of hydrogen-bond acceptors (Lipinski definition) is 6. The maximum absolute atomic E-state index is 13.0. The molecule has 2 aliphatic heterocycles. The number of rotatable bonds is 2. The van der Waals surface area contributed by atoms with E-state index < -0.39 is 20.1 Å². The summed E-state index contributed by atoms with van der Waals surface area (Å²) in [4.78, 5) is 3.78. The molecule has 3 fully saturated rings. The lowest BCUT2D eigenvalue weighted by Gasteiger charge is -2.50. The summed E-state index contributed by atoms with van der Waals surface area (Å²) in [6.07, 6.45) is 1.92. The van der Waals surface area contributed by atoms with Crippen LogP contribution in [0, 0.1) is 17.3 Å². The molecule has 1 aromatic heterocycles. The van der Waals surface area contributed by atoms with Gasteiger partial charge < -0.3 is 10.1 Å². The molecule has 4 rings (SSSR count). The van der Waals surface area contributed by atoms with Crippen molar-refractivity contribution in [3.05, 3.63) is 20.8 Å². The normalized spacial score (nSPS) is 28.9. The summed E-state index contributed by atoms with van der Waals surface area (Å²) in [6.45, 7) is 5.73. The molecular formula is C19H24ClN3O3S2. The zero-order valence-corrected chi connectivity index (χ0v) is 18.2. The molecule has 0 radical (unpaired) electrons. The van der Waals surface area contributed by atoms with Crippen molar-refractivity contribution in [3.63, 3.8) is 0 Å². The van der Waals surface area contributed by atoms with E-state index in [-0.39, 0.29) is 11.6 Å². The molecule has 2 saturated heterocycles. The molecule has 28 heavy (non-hydrogen) atoms. The van der Waals surface area contributed by atoms with Gasteiger partial charge in [-0.3, -0.25) is 10.3 Å². The molecule has 9 heteroatoms. The number of morpholine rings is 1. The van der Waals surface area contributed by atoms with E-state index in [9.17, 15) is 8.42 Å². The zero-order chi connectivity index (χ0) is 20.0. The van der Waals surface area contributed by atoms with Crippen molar-refractivity contribution in [2.45, 2.75) is 36.5 Å². The lowest BCUT2D eigenvalue weighted by molar-refractivity contribution is 0.0443. The van der Waals surface area contributed by atoms with Crippen molar-refractivity contribution in [3.8, 4) is 11.8 Å². The molecule has 2 N–H and O–H groups in total. The molecule has 0 unspecified atom stereocenters. The Kier molecular flexibility index (Phi) is 5.26. The van der Waals surface area contributed by atoms with Gasteiger partial charge in [-0.25, -0.2) is 8.42 Å². The molecule has 1 spiro atoms. The first-order valence-corrected chi connectivity index (χ1v) is 12.3. The Morgan fingerprint density at radius 2 is 2.11 bits per heavy atom. The minimum atomic E-state index is -3.42. The predicted molar refractivity (Wildman–Crippen MR) is 112 cm³/mol. The Morgan fingerprint density at radius 3 is 2.71 bits per heavy atom. The second-order valence-corrected chi connectivity index (χ2v) is 11.7. The molecular weight excluding hydrogens is 418 g/mol. The van der Waals surface area contributed by atoms with Crippen LogP contribution in [0.25, 0.3) is 0 Å². The van der Waals surface area contributed by atoms with E-state index in [1.165, 1.54) is 11.3 Å². The van der Waals surface area contributed by atoms with Crippen molar-refractivity contribution in [2.24, 2.45) is 0 Å². The van der Waals surface area contributed by atoms with Gasteiger partial charge >= 0.3 is 0 Å². The van der Waals surface area contributed by atoms with E-state index in [1.807, 2.05) is 6.92 Å². The van der Waals surface area contributed by atoms with Gasteiger partial charge in [0.15, 0.2) is 9.84 Å². The van der Waals surface area contributed by atoms with Gasteiger partial charge in [0.05, 0.1) is 45.8 Å². The summed E-state index contributed by atoms with van der Waals surface area (Å²) in [5, 5.41) is 12.1. The predicted octanol–water partition coefficient (Wildman–Crippen LogP) is 2.22. The fourth-order valence-corrected chi connectivity index (χ4v) is 8.22. The fraction of sp³-hybridized carbons (Fsp3) is 0.632. The van der Waals surface area contributed by atoms with Gasteiger partial charge in [0.2, 0.25) is 0 Å². The third-order valence-corrected chi connectivity index (χ3v) is 10.4. The Hall–Kier alpha value is -1.11. The number of nitrogens with zero attached hydrogens (tertiary/aromatic N) is 1. The summed E-state index contributed by atoms with van der Waals surface area (Å²) in [6, 6.07) is 1.80. The highest BCUT2D eigenvalue weighted by molar-refractivity contribution is 7.93. The molecule has 1 atom stereocenters. The van der Waals surface area contributed by atoms with Crippen LogP contribution in [0.3, 0.4) is 0 Å². The number of sulfone groups is 1. The summed E-state index contributed by atoms with van der Waals surface area (Å²) >= 11 is 7.87. The molecule has 6 nitrogen and oxygen atoms in total. The average Bonchev–Trinajstić information content (AvgIpc) is 2.94. The Bertz CT molecular complexity index is 953. The molecule has 0 aromatic carbocycles. The topological polar surface area (TPSA) is 82.5 Å². The lowest BCUT2D eigenvalue weighted by Crippen LogP contribution is -2.68. The zero-order valence-electron chi connectivity index (χ0n) is 15.8. The van der Waals surface area contributed by atoms with Crippen molar-refractivity contribution < 1.29 is 13.2 Å². The van der Waals surface area contributed by atoms with Gasteiger partial charge in [0, 0.05) is 13.1 Å². The van der Waals surface area contributed by atoms with Gasteiger partial charge in [-0.2, -0.15) is 0 Å². The maximum Gasteiger partial charge on any atom is 0.165 e. The van der Waals surface area contributed by atoms with E-state index in [4.69, 9.17) is 21.7 Å². The van der Waals surface area contributed by atoms with Gasteiger partial charge in [-0.1, -0.05) is 23.4 Å². The first kappa shape index (κ1) is 20.2. The van der Waals surface area contributed by atoms with Crippen LogP contribution in [0.4, 0.5) is 0 Å². The third-order valence-electron chi connectivity index (χ3n) is 5.90. The van der Waals surface area contributed by atoms with E-state index in [0.29, 0.717) is 24.4 Å². The second-order valence-electron chi connectivity index (χ2n) is 7.92. The van der Waals surface area contributed by atoms with E-state index in [0.717, 1.165) is 42.5 Å². The number of nitrogens with one attached hydrogen (secondary N) is 2. The van der Waals surface area contributed by atoms with Crippen molar-refractivity contribution in [2.75, 3.05) is 38.6 Å². The van der Waals surface area contributed by atoms with Crippen LogP contribution in [0.15, 0.2) is 6.07 Å². The van der Waals surface area contributed by atoms with Gasteiger partial charge in [0.1, 0.15) is 10.6 Å². The van der Waals surface area contributed by atoms with Crippen LogP contribution in [0.1, 0.15) is 35.9 Å². The van der Waals surface area contributed by atoms with E-state index in [2.05, 4.69) is 22.1 Å². The maximum atomic E-state index is 13.0. The van der Waals surface area contributed by atoms with E-state index >= 15 is 0 Å². The molecule has 0 bridgehead atoms. The number of thiophene rings is 1. The van der Waals surface area contributed by atoms with Crippen molar-refractivity contribution in [1.29, 1.82) is 5.41 Å². The molecule has 1 saturated carbocycles. The Labute approximate surface area is 175 Å². The summed E-state index contributed by atoms with van der Waals surface area (Å²) in [5.41, 5.74) is -0.900. The van der Waals surface area contributed by atoms with Crippen molar-refractivity contribution >= 4 is 38.6 Å². The fourth-order valence-electron chi connectivity index (χ4n) is 4.09. The minimum absolute atomic E-state index is 0.0523. The molecule has 1 aromatic rings. The standard InChI is InChI=1S/C19H24ClN3O3S2/c1-18(13-28(24,25)19(5-3-6-19)17(21)22-18)16-15(20)12-14(27-16)4-2-7-23-8-10-26-11-9-23/h12H,3,5-11,13H2,1H3,(H2,21,22)/t18-/m0/s1. The smallest absolute Gasteiger partial charge is 0.165 e. The third kappa shape index (κ3) is 3.37. The van der Waals surface area contributed by atoms with E-state index in [1.54, 1.807) is 6.07 Å². The monoisotopic (exact) mass is 441 g/mol. The molecule has 3 aliphatic rings. The summed E-state index contributed by atoms with van der Waals surface area (Å²) < 4.78 is 30.3. The number of ether oxygens (including phenoxy) is 1. The lowest BCUT2D eigenvalue weighted by atomic mass is 9.82. The SMILES string of the molecule is C[C@@]1(c2sc(C#CCN3CCOCC3)cc2Cl)CS(=O)(=O)C2(CCC2)C(=N)N1. The first-order valence-electron chi connectivity index (χ1n) is 9.44. The summed E-state index contributed by atoms with van der Waals surface area (Å²) in [5.74, 6) is 6.38. The molecule has 1 aliphatic carbocycles. The van der Waals surface area contributed by atoms with Gasteiger partial charge in [-0.05, 0) is 32.3 Å². The Balaban J connectivity index is 1.54. The first-order chi connectivity index (χ1) is 13.3. The largest absolute Gasteiger partial charge is 0.379 e. The molecule has 3 heterocycles. The highest BCUT2D eigenvalue weighted by atomic mass is 35.5. The highest BCUT2D eigenvalue weighted by Gasteiger charge is 2.59. The average molecular weight is 442 g/mol. The summed E-state index contributed by atoms with van der Waals surface area (Å²) in [7, 11) is -3.42. The van der Waals surface area contributed by atoms with Gasteiger partial charge in [0.25, 0.3) is 0 Å². The van der Waals surface area contributed by atoms with Crippen LogP contribution < -0.4 is 5.32 Å². The molecule has 0 amide bonds. The van der Waals surface area contributed by atoms with Crippen LogP contribution in [-0.2, 0) is 20.1 Å². The highest BCUT2D eigenvalue weighted by Crippen LogP contribution is 2.47. The number of hydrogen-bond donors (Lipinski definition) is 2. The Morgan fingerprint density at radius 1 is 1.39 bits per heavy atom. The number of halogens is 1. The second kappa shape index (κ2) is 7.29. The van der Waals surface area contributed by atoms with Crippen LogP contribution in [0.5, 0.6) is 0 Å². The van der Waals surface area contributed by atoms with Crippen LogP contribution in [0.2, 0.25) is 5.02 Å². The quantitative estimate of drug-likeness (QED) is 0.687. The molecule has 152 valence electrons. The van der Waals surface area contributed by atoms with Crippen molar-refractivity contribution in [1.82, 2.24) is 10.2 Å². The number of amidine groups is 1. The van der Waals surface area contributed by atoms with Crippen LogP contribution in [-0.4, -0.2) is 62.5 Å².